The van der Waals surface area contributed by atoms with Gasteiger partial charge in [0, 0.05) is 33.3 Å². The molecule has 118 valence electrons. The lowest BCUT2D eigenvalue weighted by atomic mass is 10.1. The minimum absolute atomic E-state index is 0.214. The van der Waals surface area contributed by atoms with Crippen molar-refractivity contribution in [1.82, 2.24) is 5.32 Å². The molecule has 0 bridgehead atoms. The number of hydrogen-bond acceptors (Lipinski definition) is 5. The molecule has 1 aromatic rings. The van der Waals surface area contributed by atoms with Crippen LogP contribution in [0.5, 0.6) is 0 Å². The lowest BCUT2D eigenvalue weighted by Crippen LogP contribution is -2.36. The second-order valence-corrected chi connectivity index (χ2v) is 5.13. The Morgan fingerprint density at radius 3 is 2.86 bits per heavy atom. The third-order valence-corrected chi connectivity index (χ3v) is 3.43. The van der Waals surface area contributed by atoms with Crippen LogP contribution in [0.15, 0.2) is 18.2 Å². The number of aliphatic hydroxyl groups is 1. The van der Waals surface area contributed by atoms with E-state index < -0.39 is 6.10 Å². The largest absolute Gasteiger partial charge is 0.389 e. The number of methoxy groups -OCH3 is 1. The van der Waals surface area contributed by atoms with E-state index in [4.69, 9.17) is 9.47 Å². The Hall–Kier alpha value is -1.21. The number of anilines is 1. The summed E-state index contributed by atoms with van der Waals surface area (Å²) in [5.41, 5.74) is 1.48. The molecule has 0 aromatic heterocycles. The summed E-state index contributed by atoms with van der Waals surface area (Å²) < 4.78 is 24.3. The van der Waals surface area contributed by atoms with Crippen LogP contribution in [0.3, 0.4) is 0 Å². The highest BCUT2D eigenvalue weighted by atomic mass is 19.1. The van der Waals surface area contributed by atoms with Crippen LogP contribution in [-0.4, -0.2) is 57.8 Å². The summed E-state index contributed by atoms with van der Waals surface area (Å²) in [6, 6.07) is 5.26. The first-order valence-corrected chi connectivity index (χ1v) is 7.19. The van der Waals surface area contributed by atoms with E-state index in [0.717, 1.165) is 18.7 Å². The molecular formula is C15H23FN2O3. The van der Waals surface area contributed by atoms with Crippen LogP contribution in [0.4, 0.5) is 10.1 Å². The second-order valence-electron chi connectivity index (χ2n) is 5.13. The fourth-order valence-electron chi connectivity index (χ4n) is 2.36. The third-order valence-electron chi connectivity index (χ3n) is 3.43. The molecule has 2 rings (SSSR count). The molecule has 1 fully saturated rings. The average Bonchev–Trinajstić information content (AvgIpc) is 2.48. The summed E-state index contributed by atoms with van der Waals surface area (Å²) in [7, 11) is 1.54. The number of rotatable bonds is 7. The van der Waals surface area contributed by atoms with Gasteiger partial charge in [-0.05, 0) is 17.7 Å². The van der Waals surface area contributed by atoms with Crippen molar-refractivity contribution >= 4 is 5.69 Å². The molecule has 2 N–H and O–H groups in total. The van der Waals surface area contributed by atoms with Crippen LogP contribution in [0.1, 0.15) is 5.56 Å². The molecule has 0 amide bonds. The molecule has 1 saturated heterocycles. The Labute approximate surface area is 124 Å². The predicted octanol–water partition coefficient (Wildman–Crippen LogP) is 0.759. The van der Waals surface area contributed by atoms with Gasteiger partial charge in [-0.3, -0.25) is 0 Å². The van der Waals surface area contributed by atoms with Gasteiger partial charge in [0.15, 0.2) is 0 Å². The van der Waals surface area contributed by atoms with Crippen LogP contribution in [-0.2, 0) is 16.0 Å². The number of benzene rings is 1. The van der Waals surface area contributed by atoms with E-state index in [9.17, 15) is 9.50 Å². The summed E-state index contributed by atoms with van der Waals surface area (Å²) in [5, 5.41) is 12.6. The van der Waals surface area contributed by atoms with E-state index in [2.05, 4.69) is 5.32 Å². The van der Waals surface area contributed by atoms with Crippen molar-refractivity contribution in [2.24, 2.45) is 0 Å². The number of aliphatic hydroxyl groups excluding tert-OH is 1. The maximum Gasteiger partial charge on any atom is 0.146 e. The average molecular weight is 298 g/mol. The summed E-state index contributed by atoms with van der Waals surface area (Å²) in [5.74, 6) is -0.214. The van der Waals surface area contributed by atoms with E-state index in [1.165, 1.54) is 0 Å². The standard InChI is InChI=1S/C15H23FN2O3/c1-20-11-13(19)10-17-9-12-2-3-15(14(16)8-12)18-4-6-21-7-5-18/h2-3,8,13,17,19H,4-7,9-11H2,1H3. The molecule has 6 heteroatoms. The fraction of sp³-hybridized carbons (Fsp3) is 0.600. The topological polar surface area (TPSA) is 54.0 Å². The van der Waals surface area contributed by atoms with Gasteiger partial charge in [-0.1, -0.05) is 6.07 Å². The van der Waals surface area contributed by atoms with Crippen molar-refractivity contribution in [2.75, 3.05) is 51.5 Å². The Morgan fingerprint density at radius 2 is 2.19 bits per heavy atom. The summed E-state index contributed by atoms with van der Waals surface area (Å²) in [6.07, 6.45) is -0.549. The molecule has 1 heterocycles. The quantitative estimate of drug-likeness (QED) is 0.778. The molecule has 1 unspecified atom stereocenters. The molecule has 1 aliphatic heterocycles. The highest BCUT2D eigenvalue weighted by Crippen LogP contribution is 2.21. The van der Waals surface area contributed by atoms with Crippen LogP contribution in [0, 0.1) is 5.82 Å². The molecule has 5 nitrogen and oxygen atoms in total. The third kappa shape index (κ3) is 4.93. The molecule has 21 heavy (non-hydrogen) atoms. The van der Waals surface area contributed by atoms with Crippen molar-refractivity contribution in [2.45, 2.75) is 12.6 Å². The second kappa shape index (κ2) is 8.29. The van der Waals surface area contributed by atoms with Crippen LogP contribution < -0.4 is 10.2 Å². The maximum absolute atomic E-state index is 14.2. The van der Waals surface area contributed by atoms with Gasteiger partial charge >= 0.3 is 0 Å². The lowest BCUT2D eigenvalue weighted by Gasteiger charge is -2.29. The van der Waals surface area contributed by atoms with Crippen LogP contribution in [0.2, 0.25) is 0 Å². The molecule has 0 saturated carbocycles. The number of nitrogens with zero attached hydrogens (tertiary/aromatic N) is 1. The monoisotopic (exact) mass is 298 g/mol. The summed E-state index contributed by atoms with van der Waals surface area (Å²) in [6.45, 7) is 3.94. The smallest absolute Gasteiger partial charge is 0.146 e. The Morgan fingerprint density at radius 1 is 1.43 bits per heavy atom. The van der Waals surface area contributed by atoms with E-state index in [1.807, 2.05) is 17.0 Å². The number of ether oxygens (including phenoxy) is 2. The molecule has 0 aliphatic carbocycles. The van der Waals surface area contributed by atoms with Gasteiger partial charge in [0.25, 0.3) is 0 Å². The first-order chi connectivity index (χ1) is 10.2. The minimum atomic E-state index is -0.549. The predicted molar refractivity (Wildman–Crippen MR) is 79.0 cm³/mol. The fourth-order valence-corrected chi connectivity index (χ4v) is 2.36. The van der Waals surface area contributed by atoms with Crippen LogP contribution >= 0.6 is 0 Å². The van der Waals surface area contributed by atoms with E-state index in [1.54, 1.807) is 13.2 Å². The normalized spacial score (nSPS) is 17.0. The van der Waals surface area contributed by atoms with E-state index in [0.29, 0.717) is 32.0 Å². The number of halogens is 1. The zero-order valence-electron chi connectivity index (χ0n) is 12.3. The molecule has 1 aromatic carbocycles. The van der Waals surface area contributed by atoms with Gasteiger partial charge < -0.3 is 24.8 Å². The molecule has 0 spiro atoms. The zero-order chi connectivity index (χ0) is 15.1. The molecule has 1 atom stereocenters. The van der Waals surface area contributed by atoms with Crippen molar-refractivity contribution in [1.29, 1.82) is 0 Å². The summed E-state index contributed by atoms with van der Waals surface area (Å²) >= 11 is 0. The number of morpholine rings is 1. The molecular weight excluding hydrogens is 275 g/mol. The first kappa shape index (κ1) is 16.2. The Kier molecular flexibility index (Phi) is 6.38. The van der Waals surface area contributed by atoms with Crippen LogP contribution in [0.25, 0.3) is 0 Å². The highest BCUT2D eigenvalue weighted by molar-refractivity contribution is 5.49. The van der Waals surface area contributed by atoms with Crippen molar-refractivity contribution < 1.29 is 19.0 Å². The first-order valence-electron chi connectivity index (χ1n) is 7.19. The minimum Gasteiger partial charge on any atom is -0.389 e. The number of hydrogen-bond donors (Lipinski definition) is 2. The maximum atomic E-state index is 14.2. The molecule has 1 aliphatic rings. The van der Waals surface area contributed by atoms with Gasteiger partial charge in [-0.25, -0.2) is 4.39 Å². The summed E-state index contributed by atoms with van der Waals surface area (Å²) in [4.78, 5) is 2.00. The van der Waals surface area contributed by atoms with Gasteiger partial charge in [-0.15, -0.1) is 0 Å². The van der Waals surface area contributed by atoms with Crippen molar-refractivity contribution in [3.05, 3.63) is 29.6 Å². The van der Waals surface area contributed by atoms with Crippen molar-refractivity contribution in [3.63, 3.8) is 0 Å². The van der Waals surface area contributed by atoms with Gasteiger partial charge in [0.1, 0.15) is 5.82 Å². The van der Waals surface area contributed by atoms with Gasteiger partial charge in [0.2, 0.25) is 0 Å². The highest BCUT2D eigenvalue weighted by Gasteiger charge is 2.15. The van der Waals surface area contributed by atoms with Crippen molar-refractivity contribution in [3.8, 4) is 0 Å². The number of nitrogens with one attached hydrogen (secondary N) is 1. The van der Waals surface area contributed by atoms with Gasteiger partial charge in [-0.2, -0.15) is 0 Å². The van der Waals surface area contributed by atoms with E-state index >= 15 is 0 Å². The Balaban J connectivity index is 1.86. The molecule has 0 radical (unpaired) electrons. The SMILES string of the molecule is COCC(O)CNCc1ccc(N2CCOCC2)c(F)c1. The lowest BCUT2D eigenvalue weighted by molar-refractivity contribution is 0.0644. The van der Waals surface area contributed by atoms with Gasteiger partial charge in [0.05, 0.1) is 31.6 Å². The zero-order valence-corrected chi connectivity index (χ0v) is 12.3. The van der Waals surface area contributed by atoms with E-state index in [-0.39, 0.29) is 12.4 Å². The Bertz CT molecular complexity index is 439.